The average Bonchev–Trinajstić information content (AvgIpc) is 2.93. The molecule has 0 fully saturated rings. The highest BCUT2D eigenvalue weighted by molar-refractivity contribution is 7.13. The van der Waals surface area contributed by atoms with E-state index in [9.17, 15) is 4.79 Å². The van der Waals surface area contributed by atoms with Crippen LogP contribution in [0.1, 0.15) is 10.4 Å². The standard InChI is InChI=1S/C13H14N2O2S/c1-17-8-6-14-12(16)10-2-4-11(5-3-10)13-15-7-9-18-13/h2-5,7,9H,6,8H2,1H3,(H,14,16). The topological polar surface area (TPSA) is 51.2 Å². The van der Waals surface area contributed by atoms with Crippen molar-refractivity contribution in [1.29, 1.82) is 0 Å². The van der Waals surface area contributed by atoms with E-state index < -0.39 is 0 Å². The largest absolute Gasteiger partial charge is 0.383 e. The van der Waals surface area contributed by atoms with Gasteiger partial charge in [-0.1, -0.05) is 12.1 Å². The third-order valence-electron chi connectivity index (χ3n) is 2.42. The molecule has 0 aliphatic heterocycles. The van der Waals surface area contributed by atoms with Crippen LogP contribution >= 0.6 is 11.3 Å². The van der Waals surface area contributed by atoms with Crippen LogP contribution in [-0.2, 0) is 4.74 Å². The van der Waals surface area contributed by atoms with Crippen LogP contribution in [-0.4, -0.2) is 31.2 Å². The maximum absolute atomic E-state index is 11.7. The fourth-order valence-electron chi connectivity index (χ4n) is 1.50. The Hall–Kier alpha value is -1.72. The van der Waals surface area contributed by atoms with Gasteiger partial charge in [0.2, 0.25) is 0 Å². The van der Waals surface area contributed by atoms with E-state index in [1.807, 2.05) is 17.5 Å². The number of methoxy groups -OCH3 is 1. The first kappa shape index (κ1) is 12.7. The van der Waals surface area contributed by atoms with Crippen molar-refractivity contribution in [3.05, 3.63) is 41.4 Å². The molecule has 2 aromatic rings. The Kier molecular flexibility index (Phi) is 4.44. The van der Waals surface area contributed by atoms with Crippen molar-refractivity contribution in [3.8, 4) is 10.6 Å². The van der Waals surface area contributed by atoms with Crippen molar-refractivity contribution >= 4 is 17.2 Å². The summed E-state index contributed by atoms with van der Waals surface area (Å²) in [6.07, 6.45) is 1.77. The number of nitrogens with one attached hydrogen (secondary N) is 1. The summed E-state index contributed by atoms with van der Waals surface area (Å²) in [4.78, 5) is 16.0. The first-order chi connectivity index (χ1) is 8.81. The monoisotopic (exact) mass is 262 g/mol. The molecule has 0 atom stereocenters. The van der Waals surface area contributed by atoms with Crippen molar-refractivity contribution in [2.75, 3.05) is 20.3 Å². The van der Waals surface area contributed by atoms with Gasteiger partial charge >= 0.3 is 0 Å². The summed E-state index contributed by atoms with van der Waals surface area (Å²) in [6.45, 7) is 1.03. The second kappa shape index (κ2) is 6.28. The Bertz CT molecular complexity index is 494. The number of hydrogen-bond acceptors (Lipinski definition) is 4. The molecule has 0 bridgehead atoms. The van der Waals surface area contributed by atoms with Gasteiger partial charge in [-0.2, -0.15) is 0 Å². The quantitative estimate of drug-likeness (QED) is 0.840. The lowest BCUT2D eigenvalue weighted by Gasteiger charge is -2.04. The van der Waals surface area contributed by atoms with Crippen molar-refractivity contribution in [2.45, 2.75) is 0 Å². The zero-order valence-electron chi connectivity index (χ0n) is 10.1. The van der Waals surface area contributed by atoms with Gasteiger partial charge in [-0.05, 0) is 12.1 Å². The van der Waals surface area contributed by atoms with E-state index in [1.54, 1.807) is 36.8 Å². The SMILES string of the molecule is COCCNC(=O)c1ccc(-c2nccs2)cc1. The molecule has 0 spiro atoms. The first-order valence-corrected chi connectivity index (χ1v) is 6.46. The minimum atomic E-state index is -0.0854. The highest BCUT2D eigenvalue weighted by Gasteiger charge is 2.05. The first-order valence-electron chi connectivity index (χ1n) is 5.58. The summed E-state index contributed by atoms with van der Waals surface area (Å²) in [7, 11) is 1.61. The fourth-order valence-corrected chi connectivity index (χ4v) is 2.14. The summed E-state index contributed by atoms with van der Waals surface area (Å²) in [6, 6.07) is 7.42. The summed E-state index contributed by atoms with van der Waals surface area (Å²) < 4.78 is 4.87. The van der Waals surface area contributed by atoms with Crippen LogP contribution < -0.4 is 5.32 Å². The normalized spacial score (nSPS) is 10.3. The molecule has 1 heterocycles. The fraction of sp³-hybridized carbons (Fsp3) is 0.231. The van der Waals surface area contributed by atoms with Crippen molar-refractivity contribution < 1.29 is 9.53 Å². The smallest absolute Gasteiger partial charge is 0.251 e. The van der Waals surface area contributed by atoms with Gasteiger partial charge in [0.1, 0.15) is 5.01 Å². The van der Waals surface area contributed by atoms with Crippen LogP contribution in [0.3, 0.4) is 0 Å². The number of amides is 1. The summed E-state index contributed by atoms with van der Waals surface area (Å²) in [5, 5.41) is 5.67. The molecule has 94 valence electrons. The van der Waals surface area contributed by atoms with Gasteiger partial charge in [-0.25, -0.2) is 4.98 Å². The number of benzene rings is 1. The highest BCUT2D eigenvalue weighted by Crippen LogP contribution is 2.21. The summed E-state index contributed by atoms with van der Waals surface area (Å²) in [5.74, 6) is -0.0854. The molecule has 2 rings (SSSR count). The lowest BCUT2D eigenvalue weighted by molar-refractivity contribution is 0.0937. The average molecular weight is 262 g/mol. The lowest BCUT2D eigenvalue weighted by atomic mass is 10.1. The van der Waals surface area contributed by atoms with Crippen LogP contribution in [0, 0.1) is 0 Å². The van der Waals surface area contributed by atoms with E-state index in [0.717, 1.165) is 10.6 Å². The summed E-state index contributed by atoms with van der Waals surface area (Å²) in [5.41, 5.74) is 1.67. The van der Waals surface area contributed by atoms with Crippen LogP contribution in [0.5, 0.6) is 0 Å². The van der Waals surface area contributed by atoms with Crippen LogP contribution in [0.2, 0.25) is 0 Å². The van der Waals surface area contributed by atoms with E-state index in [0.29, 0.717) is 18.7 Å². The maximum atomic E-state index is 11.7. The van der Waals surface area contributed by atoms with Crippen LogP contribution in [0.15, 0.2) is 35.8 Å². The van der Waals surface area contributed by atoms with Gasteiger partial charge in [-0.15, -0.1) is 11.3 Å². The predicted molar refractivity (Wildman–Crippen MR) is 71.8 cm³/mol. The van der Waals surface area contributed by atoms with Gasteiger partial charge in [-0.3, -0.25) is 4.79 Å². The van der Waals surface area contributed by atoms with E-state index in [4.69, 9.17) is 4.74 Å². The minimum absolute atomic E-state index is 0.0854. The van der Waals surface area contributed by atoms with Crippen molar-refractivity contribution in [3.63, 3.8) is 0 Å². The minimum Gasteiger partial charge on any atom is -0.383 e. The summed E-state index contributed by atoms with van der Waals surface area (Å²) >= 11 is 1.58. The molecule has 1 aromatic heterocycles. The van der Waals surface area contributed by atoms with Gasteiger partial charge in [0.05, 0.1) is 6.61 Å². The Labute approximate surface area is 110 Å². The molecular weight excluding hydrogens is 248 g/mol. The van der Waals surface area contributed by atoms with E-state index in [-0.39, 0.29) is 5.91 Å². The number of rotatable bonds is 5. The number of nitrogens with zero attached hydrogens (tertiary/aromatic N) is 1. The molecular formula is C13H14N2O2S. The van der Waals surface area contributed by atoms with Crippen molar-refractivity contribution in [1.82, 2.24) is 10.3 Å². The molecule has 0 saturated heterocycles. The third-order valence-corrected chi connectivity index (χ3v) is 3.24. The second-order valence-corrected chi connectivity index (χ2v) is 4.56. The highest BCUT2D eigenvalue weighted by atomic mass is 32.1. The third kappa shape index (κ3) is 3.15. The molecule has 1 aromatic carbocycles. The number of thiazole rings is 1. The molecule has 5 heteroatoms. The van der Waals surface area contributed by atoms with E-state index in [2.05, 4.69) is 10.3 Å². The van der Waals surface area contributed by atoms with E-state index in [1.165, 1.54) is 0 Å². The Morgan fingerprint density at radius 3 is 2.78 bits per heavy atom. The molecule has 0 unspecified atom stereocenters. The molecule has 0 radical (unpaired) electrons. The number of carbonyl (C=O) groups excluding carboxylic acids is 1. The van der Waals surface area contributed by atoms with E-state index >= 15 is 0 Å². The number of aromatic nitrogens is 1. The lowest BCUT2D eigenvalue weighted by Crippen LogP contribution is -2.26. The van der Waals surface area contributed by atoms with Crippen molar-refractivity contribution in [2.24, 2.45) is 0 Å². The van der Waals surface area contributed by atoms with Gasteiger partial charge in [0.15, 0.2) is 0 Å². The second-order valence-electron chi connectivity index (χ2n) is 3.66. The van der Waals surface area contributed by atoms with Crippen LogP contribution in [0.25, 0.3) is 10.6 Å². The Morgan fingerprint density at radius 1 is 1.39 bits per heavy atom. The zero-order valence-corrected chi connectivity index (χ0v) is 10.9. The van der Waals surface area contributed by atoms with Gasteiger partial charge < -0.3 is 10.1 Å². The number of ether oxygens (including phenoxy) is 1. The van der Waals surface area contributed by atoms with Gasteiger partial charge in [0, 0.05) is 36.4 Å². The molecule has 0 aliphatic rings. The molecule has 4 nitrogen and oxygen atoms in total. The number of hydrogen-bond donors (Lipinski definition) is 1. The molecule has 1 amide bonds. The van der Waals surface area contributed by atoms with Gasteiger partial charge in [0.25, 0.3) is 5.91 Å². The Morgan fingerprint density at radius 2 is 2.17 bits per heavy atom. The Balaban J connectivity index is 2.01. The molecule has 0 aliphatic carbocycles. The molecule has 18 heavy (non-hydrogen) atoms. The van der Waals surface area contributed by atoms with Crippen LogP contribution in [0.4, 0.5) is 0 Å². The molecule has 0 saturated carbocycles. The number of carbonyl (C=O) groups is 1. The predicted octanol–water partition coefficient (Wildman–Crippen LogP) is 2.19. The molecule has 1 N–H and O–H groups in total. The maximum Gasteiger partial charge on any atom is 0.251 e. The zero-order chi connectivity index (χ0) is 12.8.